The van der Waals surface area contributed by atoms with E-state index in [0.717, 1.165) is 18.4 Å². The van der Waals surface area contributed by atoms with Crippen LogP contribution < -0.4 is 4.74 Å². The number of benzene rings is 1. The highest BCUT2D eigenvalue weighted by Crippen LogP contribution is 2.45. The molecule has 1 unspecified atom stereocenters. The standard InChI is InChI=1S/C15H17ClO4/c16-12-8-10(15(14(17)18)5-1-6-15)2-3-13(12)20-11-4-7-19-9-11/h2-3,8,11H,1,4-7,9H2,(H,17,18). The Labute approximate surface area is 122 Å². The Balaban J connectivity index is 1.81. The molecular formula is C15H17ClO4. The molecule has 1 aliphatic carbocycles. The van der Waals surface area contributed by atoms with Gasteiger partial charge in [0.15, 0.2) is 0 Å². The average Bonchev–Trinajstić information content (AvgIpc) is 2.83. The van der Waals surface area contributed by atoms with Gasteiger partial charge in [-0.25, -0.2) is 0 Å². The van der Waals surface area contributed by atoms with Gasteiger partial charge in [0.05, 0.1) is 23.7 Å². The van der Waals surface area contributed by atoms with Crippen LogP contribution >= 0.6 is 11.6 Å². The molecule has 108 valence electrons. The molecule has 1 saturated carbocycles. The monoisotopic (exact) mass is 296 g/mol. The fourth-order valence-corrected chi connectivity index (χ4v) is 3.06. The van der Waals surface area contributed by atoms with Gasteiger partial charge in [-0.1, -0.05) is 24.1 Å². The van der Waals surface area contributed by atoms with Crippen molar-refractivity contribution in [2.45, 2.75) is 37.2 Å². The first-order valence-corrected chi connectivity index (χ1v) is 7.27. The first-order chi connectivity index (χ1) is 9.62. The van der Waals surface area contributed by atoms with Crippen LogP contribution in [0, 0.1) is 0 Å². The zero-order chi connectivity index (χ0) is 14.2. The lowest BCUT2D eigenvalue weighted by Crippen LogP contribution is -2.42. The SMILES string of the molecule is O=C(O)C1(c2ccc(OC3CCOC3)c(Cl)c2)CCC1. The lowest BCUT2D eigenvalue weighted by atomic mass is 9.64. The second kappa shape index (κ2) is 5.26. The van der Waals surface area contributed by atoms with Crippen LogP contribution in [0.4, 0.5) is 0 Å². The van der Waals surface area contributed by atoms with Crippen LogP contribution in [-0.2, 0) is 14.9 Å². The van der Waals surface area contributed by atoms with Crippen LogP contribution in [-0.4, -0.2) is 30.4 Å². The molecule has 1 saturated heterocycles. The van der Waals surface area contributed by atoms with Crippen molar-refractivity contribution in [3.05, 3.63) is 28.8 Å². The summed E-state index contributed by atoms with van der Waals surface area (Å²) < 4.78 is 11.0. The van der Waals surface area contributed by atoms with Gasteiger partial charge in [-0.05, 0) is 30.5 Å². The minimum Gasteiger partial charge on any atom is -0.486 e. The molecule has 0 spiro atoms. The van der Waals surface area contributed by atoms with Gasteiger partial charge in [0.25, 0.3) is 0 Å². The van der Waals surface area contributed by atoms with Crippen LogP contribution in [0.2, 0.25) is 5.02 Å². The third-order valence-electron chi connectivity index (χ3n) is 4.28. The van der Waals surface area contributed by atoms with Crippen LogP contribution in [0.3, 0.4) is 0 Å². The number of hydrogen-bond acceptors (Lipinski definition) is 3. The third-order valence-corrected chi connectivity index (χ3v) is 4.58. The summed E-state index contributed by atoms with van der Waals surface area (Å²) in [5, 5.41) is 9.91. The Morgan fingerprint density at radius 1 is 1.45 bits per heavy atom. The van der Waals surface area contributed by atoms with Gasteiger partial charge in [0.1, 0.15) is 11.9 Å². The summed E-state index contributed by atoms with van der Waals surface area (Å²) in [5.41, 5.74) is 0.0230. The van der Waals surface area contributed by atoms with Crippen LogP contribution in [0.1, 0.15) is 31.2 Å². The molecule has 1 aromatic rings. The molecule has 4 nitrogen and oxygen atoms in total. The summed E-state index contributed by atoms with van der Waals surface area (Å²) in [6, 6.07) is 5.34. The number of ether oxygens (including phenoxy) is 2. The van der Waals surface area contributed by atoms with Gasteiger partial charge in [-0.2, -0.15) is 0 Å². The molecule has 5 heteroatoms. The highest BCUT2D eigenvalue weighted by atomic mass is 35.5. The van der Waals surface area contributed by atoms with Crippen LogP contribution in [0.5, 0.6) is 5.75 Å². The summed E-state index contributed by atoms with van der Waals surface area (Å²) in [6.07, 6.45) is 3.19. The van der Waals surface area contributed by atoms with Gasteiger partial charge < -0.3 is 14.6 Å². The van der Waals surface area contributed by atoms with Gasteiger partial charge >= 0.3 is 5.97 Å². The van der Waals surface area contributed by atoms with Crippen molar-refractivity contribution in [1.29, 1.82) is 0 Å². The quantitative estimate of drug-likeness (QED) is 0.928. The summed E-state index contributed by atoms with van der Waals surface area (Å²) >= 11 is 6.24. The Bertz CT molecular complexity index is 519. The van der Waals surface area contributed by atoms with Crippen molar-refractivity contribution in [2.75, 3.05) is 13.2 Å². The Hall–Kier alpha value is -1.26. The Kier molecular flexibility index (Phi) is 3.61. The fraction of sp³-hybridized carbons (Fsp3) is 0.533. The normalized spacial score (nSPS) is 24.1. The van der Waals surface area contributed by atoms with Crippen molar-refractivity contribution < 1.29 is 19.4 Å². The molecule has 2 fully saturated rings. The lowest BCUT2D eigenvalue weighted by Gasteiger charge is -2.38. The number of carboxylic acids is 1. The topological polar surface area (TPSA) is 55.8 Å². The van der Waals surface area contributed by atoms with Crippen LogP contribution in [0.15, 0.2) is 18.2 Å². The maximum Gasteiger partial charge on any atom is 0.314 e. The Morgan fingerprint density at radius 2 is 2.25 bits per heavy atom. The van der Waals surface area contributed by atoms with Gasteiger partial charge in [0.2, 0.25) is 0 Å². The van der Waals surface area contributed by atoms with E-state index in [1.54, 1.807) is 12.1 Å². The summed E-state index contributed by atoms with van der Waals surface area (Å²) in [4.78, 5) is 11.5. The number of aliphatic carboxylic acids is 1. The highest BCUT2D eigenvalue weighted by Gasteiger charge is 2.46. The average molecular weight is 297 g/mol. The molecule has 0 aromatic heterocycles. The number of hydrogen-bond donors (Lipinski definition) is 1. The second-order valence-corrected chi connectivity index (χ2v) is 5.90. The van der Waals surface area contributed by atoms with E-state index in [0.29, 0.717) is 36.8 Å². The fourth-order valence-electron chi connectivity index (χ4n) is 2.84. The molecule has 0 radical (unpaired) electrons. The highest BCUT2D eigenvalue weighted by molar-refractivity contribution is 6.32. The van der Waals surface area contributed by atoms with E-state index in [-0.39, 0.29) is 6.10 Å². The van der Waals surface area contributed by atoms with Crippen LogP contribution in [0.25, 0.3) is 0 Å². The zero-order valence-electron chi connectivity index (χ0n) is 11.1. The second-order valence-electron chi connectivity index (χ2n) is 5.49. The number of halogens is 1. The van der Waals surface area contributed by atoms with Gasteiger partial charge in [0, 0.05) is 6.42 Å². The van der Waals surface area contributed by atoms with E-state index in [2.05, 4.69) is 0 Å². The van der Waals surface area contributed by atoms with Crippen molar-refractivity contribution in [3.63, 3.8) is 0 Å². The first kappa shape index (κ1) is 13.7. The van der Waals surface area contributed by atoms with Crippen molar-refractivity contribution >= 4 is 17.6 Å². The largest absolute Gasteiger partial charge is 0.486 e. The molecule has 3 rings (SSSR count). The van der Waals surface area contributed by atoms with E-state index >= 15 is 0 Å². The maximum absolute atomic E-state index is 11.5. The van der Waals surface area contributed by atoms with Crippen molar-refractivity contribution in [3.8, 4) is 5.75 Å². The van der Waals surface area contributed by atoms with Gasteiger partial charge in [-0.3, -0.25) is 4.79 Å². The third kappa shape index (κ3) is 2.27. The smallest absolute Gasteiger partial charge is 0.314 e. The zero-order valence-corrected chi connectivity index (χ0v) is 11.9. The summed E-state index contributed by atoms with van der Waals surface area (Å²) in [6.45, 7) is 1.29. The van der Waals surface area contributed by atoms with E-state index < -0.39 is 11.4 Å². The van der Waals surface area contributed by atoms with Crippen molar-refractivity contribution in [1.82, 2.24) is 0 Å². The molecule has 1 N–H and O–H groups in total. The molecule has 20 heavy (non-hydrogen) atoms. The summed E-state index contributed by atoms with van der Waals surface area (Å²) in [7, 11) is 0. The lowest BCUT2D eigenvalue weighted by molar-refractivity contribution is -0.147. The van der Waals surface area contributed by atoms with E-state index in [4.69, 9.17) is 21.1 Å². The minimum atomic E-state index is -0.766. The number of carbonyl (C=O) groups is 1. The number of rotatable bonds is 4. The Morgan fingerprint density at radius 3 is 2.75 bits per heavy atom. The predicted molar refractivity (Wildman–Crippen MR) is 74.5 cm³/mol. The number of carboxylic acid groups (broad SMARTS) is 1. The molecule has 2 aliphatic rings. The van der Waals surface area contributed by atoms with Crippen molar-refractivity contribution in [2.24, 2.45) is 0 Å². The van der Waals surface area contributed by atoms with E-state index in [1.807, 2.05) is 6.07 Å². The van der Waals surface area contributed by atoms with E-state index in [1.165, 1.54) is 0 Å². The molecule has 0 amide bonds. The molecule has 0 bridgehead atoms. The van der Waals surface area contributed by atoms with E-state index in [9.17, 15) is 9.90 Å². The maximum atomic E-state index is 11.5. The molecule has 1 heterocycles. The molecule has 1 aromatic carbocycles. The molecule has 1 aliphatic heterocycles. The molecule has 1 atom stereocenters. The minimum absolute atomic E-state index is 0.0375. The molecular weight excluding hydrogens is 280 g/mol. The predicted octanol–water partition coefficient (Wildman–Crippen LogP) is 3.01. The summed E-state index contributed by atoms with van der Waals surface area (Å²) in [5.74, 6) is -0.163. The first-order valence-electron chi connectivity index (χ1n) is 6.90. The van der Waals surface area contributed by atoms with Gasteiger partial charge in [-0.15, -0.1) is 0 Å².